The maximum atomic E-state index is 12.5. The van der Waals surface area contributed by atoms with Gasteiger partial charge in [0, 0.05) is 19.0 Å². The Morgan fingerprint density at radius 2 is 2.22 bits per heavy atom. The highest BCUT2D eigenvalue weighted by molar-refractivity contribution is 7.89. The first-order valence-corrected chi connectivity index (χ1v) is 7.41. The Labute approximate surface area is 113 Å². The van der Waals surface area contributed by atoms with Crippen molar-refractivity contribution in [1.82, 2.24) is 14.5 Å². The molecule has 0 aliphatic rings. The third-order valence-electron chi connectivity index (χ3n) is 2.52. The SMILES string of the molecule is Cc1[nH]ncc1S(=O)(=O)N(CCC(N)=S)C(C)C. The fourth-order valence-corrected chi connectivity index (χ4v) is 3.45. The third kappa shape index (κ3) is 3.27. The van der Waals surface area contributed by atoms with Gasteiger partial charge in [-0.1, -0.05) is 12.2 Å². The van der Waals surface area contributed by atoms with Gasteiger partial charge in [0.1, 0.15) is 4.90 Å². The van der Waals surface area contributed by atoms with Crippen LogP contribution >= 0.6 is 12.2 Å². The second-order valence-electron chi connectivity index (χ2n) is 4.29. The maximum absolute atomic E-state index is 12.5. The van der Waals surface area contributed by atoms with Crippen molar-refractivity contribution in [1.29, 1.82) is 0 Å². The molecule has 0 fully saturated rings. The zero-order valence-electron chi connectivity index (χ0n) is 10.7. The summed E-state index contributed by atoms with van der Waals surface area (Å²) in [5.41, 5.74) is 5.95. The Balaban J connectivity index is 3.05. The van der Waals surface area contributed by atoms with Crippen molar-refractivity contribution in [2.24, 2.45) is 5.73 Å². The predicted molar refractivity (Wildman–Crippen MR) is 73.8 cm³/mol. The van der Waals surface area contributed by atoms with Gasteiger partial charge in [0.2, 0.25) is 10.0 Å². The molecule has 1 aromatic rings. The molecule has 0 amide bonds. The van der Waals surface area contributed by atoms with Crippen molar-refractivity contribution < 1.29 is 8.42 Å². The number of nitrogens with zero attached hydrogens (tertiary/aromatic N) is 2. The molecule has 6 nitrogen and oxygen atoms in total. The number of sulfonamides is 1. The van der Waals surface area contributed by atoms with E-state index in [9.17, 15) is 8.42 Å². The van der Waals surface area contributed by atoms with Gasteiger partial charge in [-0.3, -0.25) is 5.10 Å². The molecule has 0 spiro atoms. The molecule has 102 valence electrons. The Hall–Kier alpha value is -0.990. The molecule has 0 aliphatic carbocycles. The average molecular weight is 290 g/mol. The summed E-state index contributed by atoms with van der Waals surface area (Å²) in [6, 6.07) is -0.168. The van der Waals surface area contributed by atoms with Crippen LogP contribution in [0.2, 0.25) is 0 Å². The first-order valence-electron chi connectivity index (χ1n) is 5.57. The summed E-state index contributed by atoms with van der Waals surface area (Å²) in [7, 11) is -3.56. The van der Waals surface area contributed by atoms with E-state index in [2.05, 4.69) is 10.2 Å². The Morgan fingerprint density at radius 1 is 1.61 bits per heavy atom. The highest BCUT2D eigenvalue weighted by Crippen LogP contribution is 2.20. The van der Waals surface area contributed by atoms with Crippen LogP contribution in [-0.4, -0.2) is 40.5 Å². The van der Waals surface area contributed by atoms with Crippen LogP contribution in [0.4, 0.5) is 0 Å². The second-order valence-corrected chi connectivity index (χ2v) is 6.67. The van der Waals surface area contributed by atoms with Crippen molar-refractivity contribution in [3.63, 3.8) is 0 Å². The van der Waals surface area contributed by atoms with Crippen LogP contribution in [0.15, 0.2) is 11.1 Å². The number of rotatable bonds is 6. The summed E-state index contributed by atoms with van der Waals surface area (Å²) in [6.07, 6.45) is 1.68. The second kappa shape index (κ2) is 5.77. The molecule has 0 saturated carbocycles. The van der Waals surface area contributed by atoms with Crippen LogP contribution in [0.5, 0.6) is 0 Å². The molecule has 18 heavy (non-hydrogen) atoms. The number of H-pyrrole nitrogens is 1. The molecule has 8 heteroatoms. The highest BCUT2D eigenvalue weighted by Gasteiger charge is 2.29. The monoisotopic (exact) mass is 290 g/mol. The standard InChI is InChI=1S/C10H18N4O2S2/c1-7(2)14(5-4-10(11)17)18(15,16)9-6-12-13-8(9)3/h6-7H,4-5H2,1-3H3,(H2,11,17)(H,12,13). The molecule has 0 radical (unpaired) electrons. The summed E-state index contributed by atoms with van der Waals surface area (Å²) in [4.78, 5) is 0.499. The predicted octanol–water partition coefficient (Wildman–Crippen LogP) is 0.793. The van der Waals surface area contributed by atoms with Crippen molar-refractivity contribution in [3.8, 4) is 0 Å². The van der Waals surface area contributed by atoms with Gasteiger partial charge in [0.25, 0.3) is 0 Å². The lowest BCUT2D eigenvalue weighted by molar-refractivity contribution is 0.362. The van der Waals surface area contributed by atoms with Crippen LogP contribution in [0.25, 0.3) is 0 Å². The van der Waals surface area contributed by atoms with E-state index in [1.807, 2.05) is 13.8 Å². The lowest BCUT2D eigenvalue weighted by Crippen LogP contribution is -2.39. The van der Waals surface area contributed by atoms with Gasteiger partial charge >= 0.3 is 0 Å². The number of hydrogen-bond donors (Lipinski definition) is 2. The summed E-state index contributed by atoms with van der Waals surface area (Å²) in [6.45, 7) is 5.57. The number of hydrogen-bond acceptors (Lipinski definition) is 4. The van der Waals surface area contributed by atoms with Crippen LogP contribution in [0, 0.1) is 6.92 Å². The molecule has 1 aromatic heterocycles. The van der Waals surface area contributed by atoms with Gasteiger partial charge in [-0.05, 0) is 20.8 Å². The van der Waals surface area contributed by atoms with Crippen LogP contribution in [0.1, 0.15) is 26.0 Å². The number of nitrogens with one attached hydrogen (secondary N) is 1. The molecule has 0 bridgehead atoms. The first kappa shape index (κ1) is 15.1. The van der Waals surface area contributed by atoms with Gasteiger partial charge in [-0.15, -0.1) is 0 Å². The van der Waals surface area contributed by atoms with Gasteiger partial charge in [0.05, 0.1) is 16.9 Å². The number of thiocarbonyl (C=S) groups is 1. The number of nitrogens with two attached hydrogens (primary N) is 1. The molecule has 3 N–H and O–H groups in total. The summed E-state index contributed by atoms with van der Waals surface area (Å²) < 4.78 is 26.3. The lowest BCUT2D eigenvalue weighted by Gasteiger charge is -2.25. The molecule has 1 heterocycles. The van der Waals surface area contributed by atoms with E-state index in [-0.39, 0.29) is 17.5 Å². The summed E-state index contributed by atoms with van der Waals surface area (Å²) in [5.74, 6) is 0. The maximum Gasteiger partial charge on any atom is 0.246 e. The zero-order valence-corrected chi connectivity index (χ0v) is 12.3. The third-order valence-corrected chi connectivity index (χ3v) is 4.92. The molecule has 0 atom stereocenters. The normalized spacial score (nSPS) is 12.3. The van der Waals surface area contributed by atoms with Crippen molar-refractivity contribution in [2.45, 2.75) is 38.1 Å². The fourth-order valence-electron chi connectivity index (χ4n) is 1.60. The fraction of sp³-hybridized carbons (Fsp3) is 0.600. The zero-order chi connectivity index (χ0) is 13.9. The minimum absolute atomic E-state index is 0.168. The first-order chi connectivity index (χ1) is 8.26. The number of aromatic amines is 1. The van der Waals surface area contributed by atoms with Crippen LogP contribution in [-0.2, 0) is 10.0 Å². The van der Waals surface area contributed by atoms with E-state index in [1.54, 1.807) is 6.92 Å². The van der Waals surface area contributed by atoms with Crippen LogP contribution < -0.4 is 5.73 Å². The molecular formula is C10H18N4O2S2. The summed E-state index contributed by atoms with van der Waals surface area (Å²) in [5, 5.41) is 6.37. The van der Waals surface area contributed by atoms with E-state index >= 15 is 0 Å². The minimum Gasteiger partial charge on any atom is -0.393 e. The molecule has 1 rings (SSSR count). The Kier molecular flexibility index (Phi) is 4.83. The number of aryl methyl sites for hydroxylation is 1. The van der Waals surface area contributed by atoms with Crippen LogP contribution in [0.3, 0.4) is 0 Å². The van der Waals surface area contributed by atoms with Gasteiger partial charge in [0.15, 0.2) is 0 Å². The average Bonchev–Trinajstić information content (AvgIpc) is 2.63. The van der Waals surface area contributed by atoms with E-state index < -0.39 is 10.0 Å². The molecule has 0 saturated heterocycles. The van der Waals surface area contributed by atoms with Crippen molar-refractivity contribution in [3.05, 3.63) is 11.9 Å². The largest absolute Gasteiger partial charge is 0.393 e. The quantitative estimate of drug-likeness (QED) is 0.756. The Morgan fingerprint density at radius 3 is 2.61 bits per heavy atom. The minimum atomic E-state index is -3.56. The Bertz CT molecular complexity index is 522. The molecule has 0 aliphatic heterocycles. The van der Waals surface area contributed by atoms with Gasteiger partial charge < -0.3 is 5.73 Å². The van der Waals surface area contributed by atoms with Gasteiger partial charge in [-0.2, -0.15) is 9.40 Å². The smallest absolute Gasteiger partial charge is 0.246 e. The molecular weight excluding hydrogens is 272 g/mol. The van der Waals surface area contributed by atoms with E-state index in [4.69, 9.17) is 18.0 Å². The topological polar surface area (TPSA) is 92.1 Å². The van der Waals surface area contributed by atoms with Crippen molar-refractivity contribution >= 4 is 27.2 Å². The summed E-state index contributed by atoms with van der Waals surface area (Å²) >= 11 is 4.79. The van der Waals surface area contributed by atoms with E-state index in [1.165, 1.54) is 10.5 Å². The number of aromatic nitrogens is 2. The lowest BCUT2D eigenvalue weighted by atomic mass is 10.3. The van der Waals surface area contributed by atoms with E-state index in [0.717, 1.165) is 0 Å². The van der Waals surface area contributed by atoms with Gasteiger partial charge in [-0.25, -0.2) is 8.42 Å². The highest BCUT2D eigenvalue weighted by atomic mass is 32.2. The van der Waals surface area contributed by atoms with Crippen molar-refractivity contribution in [2.75, 3.05) is 6.54 Å². The molecule has 0 unspecified atom stereocenters. The van der Waals surface area contributed by atoms with E-state index in [0.29, 0.717) is 17.1 Å². The molecule has 0 aromatic carbocycles.